The Morgan fingerprint density at radius 1 is 0.944 bits per heavy atom. The zero-order valence-corrected chi connectivity index (χ0v) is 12.9. The molecular weight excluding hydrogens is 226 g/mol. The average molecular weight is 255 g/mol. The highest BCUT2D eigenvalue weighted by atomic mass is 16.1. The zero-order valence-electron chi connectivity index (χ0n) is 12.9. The molecule has 0 aromatic heterocycles. The number of Topliss-reactive ketones (excluding diaryl/α,β-unsaturated/α-hetero) is 1. The molecule has 1 N–H and O–H groups in total. The molecule has 1 amide bonds. The minimum atomic E-state index is -0.268. The van der Waals surface area contributed by atoms with Crippen molar-refractivity contribution in [2.24, 2.45) is 10.8 Å². The quantitative estimate of drug-likeness (QED) is 0.740. The fourth-order valence-electron chi connectivity index (χ4n) is 1.43. The minimum Gasteiger partial charge on any atom is -0.356 e. The molecule has 0 heterocycles. The summed E-state index contributed by atoms with van der Waals surface area (Å²) in [5.74, 6) is 0.347. The van der Waals surface area contributed by atoms with Crippen LogP contribution in [-0.4, -0.2) is 18.2 Å². The Bertz CT molecular complexity index is 282. The maximum Gasteiger partial charge on any atom is 0.220 e. The summed E-state index contributed by atoms with van der Waals surface area (Å²) in [6.45, 7) is 12.8. The molecule has 0 saturated carbocycles. The van der Waals surface area contributed by atoms with Gasteiger partial charge in [-0.05, 0) is 18.3 Å². The maximum atomic E-state index is 11.7. The van der Waals surface area contributed by atoms with Gasteiger partial charge in [0.15, 0.2) is 0 Å². The molecule has 0 rings (SSSR count). The van der Waals surface area contributed by atoms with Crippen LogP contribution in [0.25, 0.3) is 0 Å². The van der Waals surface area contributed by atoms with E-state index in [1.54, 1.807) is 0 Å². The second-order valence-corrected chi connectivity index (χ2v) is 7.19. The van der Waals surface area contributed by atoms with Crippen LogP contribution in [0.5, 0.6) is 0 Å². The van der Waals surface area contributed by atoms with E-state index in [0.717, 1.165) is 12.8 Å². The van der Waals surface area contributed by atoms with Crippen molar-refractivity contribution >= 4 is 11.7 Å². The van der Waals surface area contributed by atoms with Crippen molar-refractivity contribution in [3.8, 4) is 0 Å². The summed E-state index contributed by atoms with van der Waals surface area (Å²) in [5.41, 5.74) is -0.0736. The van der Waals surface area contributed by atoms with Crippen molar-refractivity contribution in [2.75, 3.05) is 6.54 Å². The van der Waals surface area contributed by atoms with Crippen molar-refractivity contribution in [3.63, 3.8) is 0 Å². The molecule has 0 spiro atoms. The Morgan fingerprint density at radius 2 is 1.50 bits per heavy atom. The minimum absolute atomic E-state index is 0.0909. The monoisotopic (exact) mass is 255 g/mol. The summed E-state index contributed by atoms with van der Waals surface area (Å²) < 4.78 is 0. The Labute approximate surface area is 112 Å². The van der Waals surface area contributed by atoms with Crippen LogP contribution in [0.15, 0.2) is 0 Å². The lowest BCUT2D eigenvalue weighted by Gasteiger charge is -2.18. The molecule has 106 valence electrons. The van der Waals surface area contributed by atoms with Gasteiger partial charge in [0.25, 0.3) is 0 Å². The van der Waals surface area contributed by atoms with Gasteiger partial charge in [0.1, 0.15) is 5.78 Å². The fourth-order valence-corrected chi connectivity index (χ4v) is 1.43. The predicted molar refractivity (Wildman–Crippen MR) is 75.4 cm³/mol. The van der Waals surface area contributed by atoms with Crippen molar-refractivity contribution in [2.45, 2.75) is 67.2 Å². The molecule has 0 aromatic carbocycles. The molecular formula is C15H29NO2. The van der Waals surface area contributed by atoms with Crippen LogP contribution in [0.3, 0.4) is 0 Å². The number of rotatable bonds is 6. The molecule has 3 heteroatoms. The van der Waals surface area contributed by atoms with Gasteiger partial charge in [-0.1, -0.05) is 41.5 Å². The third-order valence-electron chi connectivity index (χ3n) is 2.84. The van der Waals surface area contributed by atoms with E-state index in [2.05, 4.69) is 26.1 Å². The van der Waals surface area contributed by atoms with Crippen molar-refractivity contribution in [3.05, 3.63) is 0 Å². The first-order valence-electron chi connectivity index (χ1n) is 6.82. The molecule has 0 aromatic rings. The Balaban J connectivity index is 3.68. The van der Waals surface area contributed by atoms with Gasteiger partial charge in [0.05, 0.1) is 0 Å². The fraction of sp³-hybridized carbons (Fsp3) is 0.867. The highest BCUT2D eigenvalue weighted by Gasteiger charge is 2.20. The normalized spacial score (nSPS) is 12.3. The van der Waals surface area contributed by atoms with Crippen molar-refractivity contribution in [1.82, 2.24) is 5.32 Å². The molecule has 18 heavy (non-hydrogen) atoms. The van der Waals surface area contributed by atoms with Gasteiger partial charge < -0.3 is 5.32 Å². The van der Waals surface area contributed by atoms with Gasteiger partial charge >= 0.3 is 0 Å². The van der Waals surface area contributed by atoms with Crippen molar-refractivity contribution < 1.29 is 9.59 Å². The zero-order chi connectivity index (χ0) is 14.4. The predicted octanol–water partition coefficient (Wildman–Crippen LogP) is 3.32. The Morgan fingerprint density at radius 3 is 1.94 bits per heavy atom. The van der Waals surface area contributed by atoms with E-state index < -0.39 is 0 Å². The lowest BCUT2D eigenvalue weighted by Crippen LogP contribution is -2.27. The van der Waals surface area contributed by atoms with Gasteiger partial charge in [-0.15, -0.1) is 0 Å². The molecule has 0 bridgehead atoms. The number of ketones is 1. The SMILES string of the molecule is CC(C)(C)CCC(=O)NCCCC(=O)C(C)(C)C. The summed E-state index contributed by atoms with van der Waals surface area (Å²) in [5, 5.41) is 2.87. The number of nitrogens with one attached hydrogen (secondary N) is 1. The van der Waals surface area contributed by atoms with Gasteiger partial charge in [-0.3, -0.25) is 9.59 Å². The first-order valence-corrected chi connectivity index (χ1v) is 6.82. The first-order chi connectivity index (χ1) is 8.02. The number of amides is 1. The molecule has 0 aliphatic heterocycles. The molecule has 0 atom stereocenters. The lowest BCUT2D eigenvalue weighted by atomic mass is 9.88. The van der Waals surface area contributed by atoms with Crippen molar-refractivity contribution in [1.29, 1.82) is 0 Å². The van der Waals surface area contributed by atoms with E-state index in [1.165, 1.54) is 0 Å². The van der Waals surface area contributed by atoms with Crippen LogP contribution in [-0.2, 0) is 9.59 Å². The third-order valence-corrected chi connectivity index (χ3v) is 2.84. The van der Waals surface area contributed by atoms with E-state index in [0.29, 0.717) is 19.4 Å². The van der Waals surface area contributed by atoms with Crippen LogP contribution in [0.4, 0.5) is 0 Å². The van der Waals surface area contributed by atoms with Crippen LogP contribution >= 0.6 is 0 Å². The topological polar surface area (TPSA) is 46.2 Å². The number of carbonyl (C=O) groups is 2. The van der Waals surface area contributed by atoms with Gasteiger partial charge in [0.2, 0.25) is 5.91 Å². The van der Waals surface area contributed by atoms with Crippen LogP contribution in [0.2, 0.25) is 0 Å². The third kappa shape index (κ3) is 9.20. The molecule has 0 fully saturated rings. The molecule has 0 unspecified atom stereocenters. The Hall–Kier alpha value is -0.860. The van der Waals surface area contributed by atoms with Crippen LogP contribution in [0, 0.1) is 10.8 Å². The summed E-state index contributed by atoms with van der Waals surface area (Å²) in [6, 6.07) is 0. The summed E-state index contributed by atoms with van der Waals surface area (Å²) in [4.78, 5) is 23.2. The molecule has 3 nitrogen and oxygen atoms in total. The largest absolute Gasteiger partial charge is 0.356 e. The molecule has 0 radical (unpaired) electrons. The van der Waals surface area contributed by atoms with Gasteiger partial charge in [-0.2, -0.15) is 0 Å². The van der Waals surface area contributed by atoms with Gasteiger partial charge in [0, 0.05) is 24.8 Å². The van der Waals surface area contributed by atoms with Gasteiger partial charge in [-0.25, -0.2) is 0 Å². The second kappa shape index (κ2) is 6.91. The Kier molecular flexibility index (Phi) is 6.58. The number of hydrogen-bond acceptors (Lipinski definition) is 2. The standard InChI is InChI=1S/C15H29NO2/c1-14(2,3)10-9-13(18)16-11-7-8-12(17)15(4,5)6/h7-11H2,1-6H3,(H,16,18). The van der Waals surface area contributed by atoms with E-state index in [1.807, 2.05) is 20.8 Å². The van der Waals surface area contributed by atoms with E-state index in [4.69, 9.17) is 0 Å². The van der Waals surface area contributed by atoms with Crippen LogP contribution < -0.4 is 5.32 Å². The summed E-state index contributed by atoms with van der Waals surface area (Å²) >= 11 is 0. The molecule has 0 saturated heterocycles. The second-order valence-electron chi connectivity index (χ2n) is 7.19. The van der Waals surface area contributed by atoms with E-state index in [-0.39, 0.29) is 22.5 Å². The van der Waals surface area contributed by atoms with Crippen LogP contribution in [0.1, 0.15) is 67.2 Å². The number of carbonyl (C=O) groups excluding carboxylic acids is 2. The maximum absolute atomic E-state index is 11.7. The number of hydrogen-bond donors (Lipinski definition) is 1. The summed E-state index contributed by atoms with van der Waals surface area (Å²) in [6.07, 6.45) is 2.73. The first kappa shape index (κ1) is 17.1. The van der Waals surface area contributed by atoms with E-state index in [9.17, 15) is 9.59 Å². The average Bonchev–Trinajstić information content (AvgIpc) is 2.18. The highest BCUT2D eigenvalue weighted by Crippen LogP contribution is 2.20. The summed E-state index contributed by atoms with van der Waals surface area (Å²) in [7, 11) is 0. The molecule has 0 aliphatic rings. The lowest BCUT2D eigenvalue weighted by molar-refractivity contribution is -0.126. The smallest absolute Gasteiger partial charge is 0.220 e. The highest BCUT2D eigenvalue weighted by molar-refractivity contribution is 5.83. The molecule has 0 aliphatic carbocycles. The van der Waals surface area contributed by atoms with E-state index >= 15 is 0 Å².